The van der Waals surface area contributed by atoms with Crippen LogP contribution in [-0.2, 0) is 0 Å². The van der Waals surface area contributed by atoms with E-state index in [1.54, 1.807) is 0 Å². The number of hydrogen-bond acceptors (Lipinski definition) is 3. The molecular formula is C55H36N4. The molecule has 9 aromatic carbocycles. The summed E-state index contributed by atoms with van der Waals surface area (Å²) >= 11 is 0. The number of nitrogens with zero attached hydrogens (tertiary/aromatic N) is 4. The van der Waals surface area contributed by atoms with Crippen molar-refractivity contribution in [1.29, 1.82) is 0 Å². The highest BCUT2D eigenvalue weighted by Crippen LogP contribution is 2.40. The fraction of sp³-hybridized carbons (Fsp3) is 0. The average molecular weight is 753 g/mol. The van der Waals surface area contributed by atoms with Crippen molar-refractivity contribution in [2.45, 2.75) is 0 Å². The zero-order valence-corrected chi connectivity index (χ0v) is 32.1. The van der Waals surface area contributed by atoms with E-state index in [9.17, 15) is 0 Å². The molecule has 0 aliphatic carbocycles. The van der Waals surface area contributed by atoms with Gasteiger partial charge in [-0.15, -0.1) is 0 Å². The Balaban J connectivity index is 1.19. The van der Waals surface area contributed by atoms with Crippen molar-refractivity contribution in [3.05, 3.63) is 218 Å². The van der Waals surface area contributed by atoms with Crippen molar-refractivity contribution in [1.82, 2.24) is 19.5 Å². The number of aromatic nitrogens is 4. The molecule has 0 N–H and O–H groups in total. The summed E-state index contributed by atoms with van der Waals surface area (Å²) in [7, 11) is 0. The summed E-state index contributed by atoms with van der Waals surface area (Å²) in [5.41, 5.74) is 12.9. The number of benzene rings is 9. The molecule has 0 atom stereocenters. The second kappa shape index (κ2) is 14.5. The Hall–Kier alpha value is -7.95. The van der Waals surface area contributed by atoms with Gasteiger partial charge in [-0.3, -0.25) is 0 Å². The Kier molecular flexibility index (Phi) is 8.45. The molecule has 0 aliphatic heterocycles. The van der Waals surface area contributed by atoms with Gasteiger partial charge in [-0.25, -0.2) is 15.0 Å². The molecule has 0 radical (unpaired) electrons. The molecule has 0 saturated heterocycles. The smallest absolute Gasteiger partial charge is 0.166 e. The third kappa shape index (κ3) is 6.34. The van der Waals surface area contributed by atoms with Gasteiger partial charge < -0.3 is 4.57 Å². The first kappa shape index (κ1) is 34.3. The molecule has 4 nitrogen and oxygen atoms in total. The van der Waals surface area contributed by atoms with Gasteiger partial charge in [0.2, 0.25) is 0 Å². The van der Waals surface area contributed by atoms with E-state index in [0.29, 0.717) is 17.5 Å². The molecule has 0 fully saturated rings. The van der Waals surface area contributed by atoms with Crippen molar-refractivity contribution in [3.8, 4) is 73.2 Å². The highest BCUT2D eigenvalue weighted by Gasteiger charge is 2.21. The van der Waals surface area contributed by atoms with E-state index >= 15 is 0 Å². The van der Waals surface area contributed by atoms with Crippen molar-refractivity contribution >= 4 is 32.6 Å². The predicted octanol–water partition coefficient (Wildman–Crippen LogP) is 14.1. The standard InChI is InChI=1S/C55H36N4/c1-4-16-37(17-5-1)44-33-45(38-18-6-2-7-19-38)35-46(34-44)42-30-31-49(52(36-42)59-50-26-14-12-24-47(50)48-25-13-15-27-51(48)59)55-57-53(40-21-8-3-9-22-40)56-54(58-55)43-29-28-39-20-10-11-23-41(39)32-43/h1-36H. The second-order valence-corrected chi connectivity index (χ2v) is 14.9. The maximum Gasteiger partial charge on any atom is 0.166 e. The van der Waals surface area contributed by atoms with Crippen molar-refractivity contribution in [3.63, 3.8) is 0 Å². The number of para-hydroxylation sites is 2. The summed E-state index contributed by atoms with van der Waals surface area (Å²) in [4.78, 5) is 15.7. The quantitative estimate of drug-likeness (QED) is 0.163. The van der Waals surface area contributed by atoms with Crippen molar-refractivity contribution in [2.24, 2.45) is 0 Å². The van der Waals surface area contributed by atoms with Crippen LogP contribution in [-0.4, -0.2) is 19.5 Å². The lowest BCUT2D eigenvalue weighted by Gasteiger charge is -2.17. The van der Waals surface area contributed by atoms with Crippen molar-refractivity contribution < 1.29 is 0 Å². The lowest BCUT2D eigenvalue weighted by Crippen LogP contribution is -2.04. The molecule has 276 valence electrons. The minimum absolute atomic E-state index is 0.605. The van der Waals surface area contributed by atoms with Gasteiger partial charge in [-0.05, 0) is 92.7 Å². The molecule has 2 aromatic heterocycles. The predicted molar refractivity (Wildman–Crippen MR) is 244 cm³/mol. The van der Waals surface area contributed by atoms with E-state index in [-0.39, 0.29) is 0 Å². The molecule has 0 amide bonds. The molecule has 0 bridgehead atoms. The van der Waals surface area contributed by atoms with E-state index < -0.39 is 0 Å². The first-order valence-electron chi connectivity index (χ1n) is 19.9. The lowest BCUT2D eigenvalue weighted by atomic mass is 9.92. The molecule has 11 aromatic rings. The lowest BCUT2D eigenvalue weighted by molar-refractivity contribution is 1.06. The monoisotopic (exact) mass is 752 g/mol. The average Bonchev–Trinajstić information content (AvgIpc) is 3.66. The van der Waals surface area contributed by atoms with Crippen LogP contribution < -0.4 is 0 Å². The Morgan fingerprint density at radius 2 is 0.729 bits per heavy atom. The van der Waals surface area contributed by atoms with Crippen LogP contribution in [0, 0.1) is 0 Å². The van der Waals surface area contributed by atoms with Gasteiger partial charge in [0, 0.05) is 27.5 Å². The number of hydrogen-bond donors (Lipinski definition) is 0. The van der Waals surface area contributed by atoms with Gasteiger partial charge in [-0.1, -0.05) is 170 Å². The molecule has 2 heterocycles. The largest absolute Gasteiger partial charge is 0.308 e. The fourth-order valence-corrected chi connectivity index (χ4v) is 8.33. The third-order valence-electron chi connectivity index (χ3n) is 11.2. The Morgan fingerprint density at radius 3 is 1.34 bits per heavy atom. The van der Waals surface area contributed by atoms with E-state index in [1.807, 2.05) is 18.2 Å². The van der Waals surface area contributed by atoms with E-state index in [2.05, 4.69) is 205 Å². The van der Waals surface area contributed by atoms with Crippen LogP contribution in [0.4, 0.5) is 0 Å². The Bertz CT molecular complexity index is 3200. The molecule has 0 spiro atoms. The Morgan fingerprint density at radius 1 is 0.271 bits per heavy atom. The SMILES string of the molecule is c1ccc(-c2cc(-c3ccccc3)cc(-c3ccc(-c4nc(-c5ccccc5)nc(-c5ccc6ccccc6c5)n4)c(-n4c5ccccc5c5ccccc54)c3)c2)cc1. The van der Waals surface area contributed by atoms with Crippen LogP contribution in [0.3, 0.4) is 0 Å². The topological polar surface area (TPSA) is 43.6 Å². The summed E-state index contributed by atoms with van der Waals surface area (Å²) in [5, 5.41) is 4.68. The van der Waals surface area contributed by atoms with Crippen LogP contribution >= 0.6 is 0 Å². The van der Waals surface area contributed by atoms with E-state index in [4.69, 9.17) is 15.0 Å². The summed E-state index contributed by atoms with van der Waals surface area (Å²) in [6, 6.07) is 77.2. The maximum absolute atomic E-state index is 5.31. The molecule has 0 saturated carbocycles. The Labute approximate surface area is 342 Å². The summed E-state index contributed by atoms with van der Waals surface area (Å²) in [6.07, 6.45) is 0. The molecule has 11 rings (SSSR count). The molecular weight excluding hydrogens is 717 g/mol. The second-order valence-electron chi connectivity index (χ2n) is 14.9. The molecule has 59 heavy (non-hydrogen) atoms. The van der Waals surface area contributed by atoms with Crippen LogP contribution in [0.15, 0.2) is 218 Å². The van der Waals surface area contributed by atoms with E-state index in [0.717, 1.165) is 61.1 Å². The van der Waals surface area contributed by atoms with Crippen LogP contribution in [0.5, 0.6) is 0 Å². The molecule has 0 unspecified atom stereocenters. The zero-order valence-electron chi connectivity index (χ0n) is 32.1. The van der Waals surface area contributed by atoms with Crippen LogP contribution in [0.25, 0.3) is 106 Å². The zero-order chi connectivity index (χ0) is 39.1. The number of rotatable bonds is 7. The van der Waals surface area contributed by atoms with Gasteiger partial charge in [0.25, 0.3) is 0 Å². The van der Waals surface area contributed by atoms with Gasteiger partial charge in [0.15, 0.2) is 17.5 Å². The van der Waals surface area contributed by atoms with Crippen molar-refractivity contribution in [2.75, 3.05) is 0 Å². The van der Waals surface area contributed by atoms with E-state index in [1.165, 1.54) is 27.3 Å². The third-order valence-corrected chi connectivity index (χ3v) is 11.2. The van der Waals surface area contributed by atoms with Gasteiger partial charge in [0.05, 0.1) is 16.7 Å². The summed E-state index contributed by atoms with van der Waals surface area (Å²) in [6.45, 7) is 0. The first-order valence-corrected chi connectivity index (χ1v) is 19.9. The maximum atomic E-state index is 5.31. The van der Waals surface area contributed by atoms with Crippen LogP contribution in [0.2, 0.25) is 0 Å². The molecule has 0 aliphatic rings. The summed E-state index contributed by atoms with van der Waals surface area (Å²) < 4.78 is 2.38. The first-order chi connectivity index (χ1) is 29.2. The minimum atomic E-state index is 0.605. The van der Waals surface area contributed by atoms with Crippen LogP contribution in [0.1, 0.15) is 0 Å². The number of fused-ring (bicyclic) bond motifs is 4. The normalized spacial score (nSPS) is 11.4. The van der Waals surface area contributed by atoms with Gasteiger partial charge >= 0.3 is 0 Å². The minimum Gasteiger partial charge on any atom is -0.308 e. The highest BCUT2D eigenvalue weighted by atomic mass is 15.1. The van der Waals surface area contributed by atoms with Gasteiger partial charge in [-0.2, -0.15) is 0 Å². The highest BCUT2D eigenvalue weighted by molar-refractivity contribution is 6.10. The fourth-order valence-electron chi connectivity index (χ4n) is 8.33. The molecule has 4 heteroatoms. The summed E-state index contributed by atoms with van der Waals surface area (Å²) in [5.74, 6) is 1.85. The van der Waals surface area contributed by atoms with Gasteiger partial charge in [0.1, 0.15) is 0 Å².